The molecule has 1 unspecified atom stereocenters. The first kappa shape index (κ1) is 14.5. The molecule has 1 aromatic carbocycles. The minimum atomic E-state index is -0.223. The number of benzene rings is 1. The third-order valence-electron chi connectivity index (χ3n) is 3.11. The van der Waals surface area contributed by atoms with Crippen molar-refractivity contribution in [3.05, 3.63) is 47.5 Å². The zero-order chi connectivity index (χ0) is 13.5. The molecule has 0 bridgehead atoms. The molecule has 0 fully saturated rings. The first-order valence-corrected chi connectivity index (χ1v) is 6.44. The lowest BCUT2D eigenvalue weighted by Gasteiger charge is -2.19. The van der Waals surface area contributed by atoms with Gasteiger partial charge in [0.15, 0.2) is 0 Å². The Hall–Kier alpha value is -1.57. The van der Waals surface area contributed by atoms with Crippen molar-refractivity contribution in [3.8, 4) is 0 Å². The van der Waals surface area contributed by atoms with Crippen molar-refractivity contribution >= 4 is 5.97 Å². The van der Waals surface area contributed by atoms with Crippen LogP contribution in [0.2, 0.25) is 0 Å². The molecule has 2 heteroatoms. The minimum absolute atomic E-state index is 0.223. The Labute approximate surface area is 110 Å². The van der Waals surface area contributed by atoms with Crippen molar-refractivity contribution < 1.29 is 9.53 Å². The Morgan fingerprint density at radius 2 is 1.89 bits per heavy atom. The lowest BCUT2D eigenvalue weighted by molar-refractivity contribution is -0.136. The van der Waals surface area contributed by atoms with Crippen molar-refractivity contribution in [1.29, 1.82) is 0 Å². The van der Waals surface area contributed by atoms with Gasteiger partial charge in [-0.25, -0.2) is 4.79 Å². The monoisotopic (exact) mass is 246 g/mol. The Kier molecular flexibility index (Phi) is 5.63. The van der Waals surface area contributed by atoms with Gasteiger partial charge in [0.25, 0.3) is 0 Å². The second kappa shape index (κ2) is 7.00. The molecule has 0 saturated heterocycles. The molecule has 0 aromatic heterocycles. The molecule has 0 N–H and O–H groups in total. The van der Waals surface area contributed by atoms with E-state index in [1.54, 1.807) is 0 Å². The fraction of sp³-hybridized carbons (Fsp3) is 0.438. The highest BCUT2D eigenvalue weighted by atomic mass is 16.5. The molecular formula is C16H22O2. The summed E-state index contributed by atoms with van der Waals surface area (Å²) in [6.07, 6.45) is 2.74. The second-order valence-electron chi connectivity index (χ2n) is 4.72. The Morgan fingerprint density at radius 1 is 1.28 bits per heavy atom. The van der Waals surface area contributed by atoms with Gasteiger partial charge in [-0.3, -0.25) is 0 Å². The zero-order valence-electron chi connectivity index (χ0n) is 11.6. The van der Waals surface area contributed by atoms with Crippen molar-refractivity contribution in [1.82, 2.24) is 0 Å². The molecular weight excluding hydrogens is 224 g/mol. The Bertz CT molecular complexity index is 404. The van der Waals surface area contributed by atoms with Crippen LogP contribution in [-0.2, 0) is 9.53 Å². The van der Waals surface area contributed by atoms with E-state index in [1.165, 1.54) is 12.7 Å². The highest BCUT2D eigenvalue weighted by Gasteiger charge is 2.16. The van der Waals surface area contributed by atoms with Crippen LogP contribution in [0.25, 0.3) is 0 Å². The van der Waals surface area contributed by atoms with E-state index in [-0.39, 0.29) is 11.9 Å². The van der Waals surface area contributed by atoms with Gasteiger partial charge in [-0.15, -0.1) is 0 Å². The molecule has 0 radical (unpaired) electrons. The maximum absolute atomic E-state index is 11.6. The van der Waals surface area contributed by atoms with Gasteiger partial charge in [0, 0.05) is 11.5 Å². The van der Waals surface area contributed by atoms with Crippen LogP contribution in [0.1, 0.15) is 38.7 Å². The van der Waals surface area contributed by atoms with Crippen LogP contribution in [-0.4, -0.2) is 13.1 Å². The lowest BCUT2D eigenvalue weighted by Crippen LogP contribution is -2.09. The van der Waals surface area contributed by atoms with Crippen molar-refractivity contribution in [2.75, 3.05) is 7.11 Å². The molecule has 0 saturated carbocycles. The van der Waals surface area contributed by atoms with Crippen molar-refractivity contribution in [2.45, 2.75) is 33.1 Å². The van der Waals surface area contributed by atoms with Crippen LogP contribution >= 0.6 is 0 Å². The normalized spacial score (nSPS) is 13.5. The molecule has 18 heavy (non-hydrogen) atoms. The van der Waals surface area contributed by atoms with Crippen LogP contribution in [0.3, 0.4) is 0 Å². The lowest BCUT2D eigenvalue weighted by atomic mass is 9.86. The van der Waals surface area contributed by atoms with E-state index in [0.29, 0.717) is 12.3 Å². The summed E-state index contributed by atoms with van der Waals surface area (Å²) in [6, 6.07) is 10.3. The molecule has 0 spiro atoms. The molecule has 1 atom stereocenters. The van der Waals surface area contributed by atoms with Gasteiger partial charge in [-0.2, -0.15) is 0 Å². The SMILES string of the molecule is CCC(=CC(c1ccccc1)C(C)C)C(=O)OC. The van der Waals surface area contributed by atoms with E-state index in [4.69, 9.17) is 4.74 Å². The van der Waals surface area contributed by atoms with Crippen LogP contribution in [0.4, 0.5) is 0 Å². The number of hydrogen-bond acceptors (Lipinski definition) is 2. The summed E-state index contributed by atoms with van der Waals surface area (Å²) < 4.78 is 4.81. The maximum atomic E-state index is 11.6. The molecule has 0 amide bonds. The molecule has 0 heterocycles. The Balaban J connectivity index is 3.07. The molecule has 0 aliphatic rings. The number of carbonyl (C=O) groups excluding carboxylic acids is 1. The molecule has 98 valence electrons. The zero-order valence-corrected chi connectivity index (χ0v) is 11.6. The summed E-state index contributed by atoms with van der Waals surface area (Å²) in [5, 5.41) is 0. The van der Waals surface area contributed by atoms with Gasteiger partial charge in [0.05, 0.1) is 7.11 Å². The fourth-order valence-corrected chi connectivity index (χ4v) is 2.03. The predicted octanol–water partition coefficient (Wildman–Crippen LogP) is 3.94. The van der Waals surface area contributed by atoms with Crippen LogP contribution < -0.4 is 0 Å². The van der Waals surface area contributed by atoms with Crippen LogP contribution in [0, 0.1) is 5.92 Å². The van der Waals surface area contributed by atoms with Crippen LogP contribution in [0.5, 0.6) is 0 Å². The van der Waals surface area contributed by atoms with E-state index in [9.17, 15) is 4.79 Å². The smallest absolute Gasteiger partial charge is 0.333 e. The summed E-state index contributed by atoms with van der Waals surface area (Å²) in [7, 11) is 1.43. The van der Waals surface area contributed by atoms with Gasteiger partial charge >= 0.3 is 5.97 Å². The predicted molar refractivity (Wildman–Crippen MR) is 74.4 cm³/mol. The number of esters is 1. The minimum Gasteiger partial charge on any atom is -0.466 e. The largest absolute Gasteiger partial charge is 0.466 e. The molecule has 1 aromatic rings. The molecule has 0 aliphatic heterocycles. The number of methoxy groups -OCH3 is 1. The highest BCUT2D eigenvalue weighted by molar-refractivity contribution is 5.88. The number of carbonyl (C=O) groups is 1. The molecule has 0 aliphatic carbocycles. The third-order valence-corrected chi connectivity index (χ3v) is 3.11. The van der Waals surface area contributed by atoms with E-state index >= 15 is 0 Å². The van der Waals surface area contributed by atoms with Crippen molar-refractivity contribution in [3.63, 3.8) is 0 Å². The van der Waals surface area contributed by atoms with Gasteiger partial charge in [0.1, 0.15) is 0 Å². The number of allylic oxidation sites excluding steroid dienone is 1. The van der Waals surface area contributed by atoms with E-state index in [0.717, 1.165) is 5.57 Å². The summed E-state index contributed by atoms with van der Waals surface area (Å²) in [5.41, 5.74) is 1.99. The van der Waals surface area contributed by atoms with Gasteiger partial charge < -0.3 is 4.74 Å². The summed E-state index contributed by atoms with van der Waals surface area (Å²) in [5.74, 6) is 0.470. The van der Waals surface area contributed by atoms with Gasteiger partial charge in [-0.05, 0) is 17.9 Å². The van der Waals surface area contributed by atoms with Gasteiger partial charge in [-0.1, -0.05) is 57.2 Å². The standard InChI is InChI=1S/C16H22O2/c1-5-13(16(17)18-4)11-15(12(2)3)14-9-7-6-8-10-14/h6-12,15H,5H2,1-4H3. The van der Waals surface area contributed by atoms with E-state index in [2.05, 4.69) is 26.0 Å². The fourth-order valence-electron chi connectivity index (χ4n) is 2.03. The second-order valence-corrected chi connectivity index (χ2v) is 4.72. The number of rotatable bonds is 5. The number of hydrogen-bond donors (Lipinski definition) is 0. The summed E-state index contributed by atoms with van der Waals surface area (Å²) >= 11 is 0. The van der Waals surface area contributed by atoms with Crippen LogP contribution in [0.15, 0.2) is 42.0 Å². The molecule has 2 nitrogen and oxygen atoms in total. The molecule has 1 rings (SSSR count). The summed E-state index contributed by atoms with van der Waals surface area (Å²) in [4.78, 5) is 11.6. The third kappa shape index (κ3) is 3.73. The first-order chi connectivity index (χ1) is 8.60. The van der Waals surface area contributed by atoms with E-state index < -0.39 is 0 Å². The van der Waals surface area contributed by atoms with Crippen molar-refractivity contribution in [2.24, 2.45) is 5.92 Å². The Morgan fingerprint density at radius 3 is 2.33 bits per heavy atom. The van der Waals surface area contributed by atoms with Gasteiger partial charge in [0.2, 0.25) is 0 Å². The topological polar surface area (TPSA) is 26.3 Å². The maximum Gasteiger partial charge on any atom is 0.333 e. The average molecular weight is 246 g/mol. The number of ether oxygens (including phenoxy) is 1. The quantitative estimate of drug-likeness (QED) is 0.581. The summed E-state index contributed by atoms with van der Waals surface area (Å²) in [6.45, 7) is 6.31. The van der Waals surface area contributed by atoms with E-state index in [1.807, 2.05) is 31.2 Å². The highest BCUT2D eigenvalue weighted by Crippen LogP contribution is 2.27. The average Bonchev–Trinajstić information content (AvgIpc) is 2.39. The first-order valence-electron chi connectivity index (χ1n) is 6.44.